The Bertz CT molecular complexity index is 1080. The molecule has 3 aromatic rings. The average molecular weight is 355 g/mol. The second-order valence-electron chi connectivity index (χ2n) is 7.00. The summed E-state index contributed by atoms with van der Waals surface area (Å²) in [5.74, 6) is -0.317. The molecule has 26 heavy (non-hydrogen) atoms. The zero-order valence-corrected chi connectivity index (χ0v) is 15.6. The van der Waals surface area contributed by atoms with Crippen LogP contribution in [0, 0.1) is 13.8 Å². The van der Waals surface area contributed by atoms with Crippen LogP contribution in [0.2, 0.25) is 0 Å². The van der Waals surface area contributed by atoms with Gasteiger partial charge in [0.25, 0.3) is 5.56 Å². The first-order valence-corrected chi connectivity index (χ1v) is 9.24. The van der Waals surface area contributed by atoms with Crippen molar-refractivity contribution in [2.45, 2.75) is 59.4 Å². The number of nitrogens with zero attached hydrogens (tertiary/aromatic N) is 1. The Morgan fingerprint density at radius 2 is 1.73 bits per heavy atom. The lowest BCUT2D eigenvalue weighted by Crippen LogP contribution is -2.22. The maximum absolute atomic E-state index is 13.1. The van der Waals surface area contributed by atoms with E-state index >= 15 is 0 Å². The van der Waals surface area contributed by atoms with Crippen molar-refractivity contribution < 1.29 is 9.52 Å². The molecule has 138 valence electrons. The Labute approximate surface area is 151 Å². The van der Waals surface area contributed by atoms with Crippen LogP contribution in [0.3, 0.4) is 0 Å². The fourth-order valence-electron chi connectivity index (χ4n) is 3.66. The molecule has 0 spiro atoms. The normalized spacial score (nSPS) is 11.5. The SMILES string of the molecule is CCCCCCCn1c(=O)c2c(O)cc(=O)oc2c2c(C)cc(C)cc21. The van der Waals surface area contributed by atoms with Crippen LogP contribution in [0.1, 0.15) is 50.2 Å². The number of aromatic hydroxyl groups is 1. The Morgan fingerprint density at radius 3 is 2.46 bits per heavy atom. The summed E-state index contributed by atoms with van der Waals surface area (Å²) < 4.78 is 7.05. The highest BCUT2D eigenvalue weighted by atomic mass is 16.4. The van der Waals surface area contributed by atoms with Crippen molar-refractivity contribution in [3.8, 4) is 5.75 Å². The van der Waals surface area contributed by atoms with Crippen LogP contribution in [0.5, 0.6) is 5.75 Å². The smallest absolute Gasteiger partial charge is 0.339 e. The van der Waals surface area contributed by atoms with Gasteiger partial charge in [-0.3, -0.25) is 4.79 Å². The number of unbranched alkanes of at least 4 members (excludes halogenated alkanes) is 4. The summed E-state index contributed by atoms with van der Waals surface area (Å²) in [7, 11) is 0. The van der Waals surface area contributed by atoms with E-state index in [0.717, 1.165) is 42.0 Å². The van der Waals surface area contributed by atoms with Crippen LogP contribution in [0.4, 0.5) is 0 Å². The molecule has 0 radical (unpaired) electrons. The molecule has 5 heteroatoms. The Morgan fingerprint density at radius 1 is 1.00 bits per heavy atom. The van der Waals surface area contributed by atoms with Gasteiger partial charge in [0.1, 0.15) is 11.1 Å². The van der Waals surface area contributed by atoms with Gasteiger partial charge in [-0.1, -0.05) is 38.7 Å². The molecule has 3 rings (SSSR count). The van der Waals surface area contributed by atoms with Gasteiger partial charge < -0.3 is 14.1 Å². The third-order valence-corrected chi connectivity index (χ3v) is 4.86. The van der Waals surface area contributed by atoms with Gasteiger partial charge in [-0.25, -0.2) is 4.79 Å². The van der Waals surface area contributed by atoms with E-state index in [2.05, 4.69) is 6.92 Å². The largest absolute Gasteiger partial charge is 0.507 e. The van der Waals surface area contributed by atoms with Gasteiger partial charge in [0, 0.05) is 11.9 Å². The molecule has 1 N–H and O–H groups in total. The summed E-state index contributed by atoms with van der Waals surface area (Å²) >= 11 is 0. The summed E-state index contributed by atoms with van der Waals surface area (Å²) in [6.45, 7) is 6.65. The second kappa shape index (κ2) is 7.36. The van der Waals surface area contributed by atoms with E-state index < -0.39 is 5.63 Å². The molecule has 0 aliphatic heterocycles. The number of fused-ring (bicyclic) bond motifs is 3. The van der Waals surface area contributed by atoms with Gasteiger partial charge >= 0.3 is 5.63 Å². The van der Waals surface area contributed by atoms with E-state index in [9.17, 15) is 14.7 Å². The van der Waals surface area contributed by atoms with Crippen LogP contribution in [0.25, 0.3) is 21.9 Å². The Kier molecular flexibility index (Phi) is 5.16. The van der Waals surface area contributed by atoms with Crippen molar-refractivity contribution in [2.75, 3.05) is 0 Å². The molecule has 0 fully saturated rings. The summed E-state index contributed by atoms with van der Waals surface area (Å²) in [5, 5.41) is 11.0. The lowest BCUT2D eigenvalue weighted by molar-refractivity contribution is 0.466. The third kappa shape index (κ3) is 3.26. The van der Waals surface area contributed by atoms with Crippen LogP contribution >= 0.6 is 0 Å². The molecule has 2 heterocycles. The van der Waals surface area contributed by atoms with E-state index in [1.54, 1.807) is 4.57 Å². The number of aryl methyl sites for hydroxylation is 3. The number of hydrogen-bond acceptors (Lipinski definition) is 4. The Hall–Kier alpha value is -2.56. The lowest BCUT2D eigenvalue weighted by Gasteiger charge is -2.15. The first-order valence-electron chi connectivity index (χ1n) is 9.24. The molecule has 0 saturated heterocycles. The highest BCUT2D eigenvalue weighted by molar-refractivity contribution is 6.05. The molecular weight excluding hydrogens is 330 g/mol. The van der Waals surface area contributed by atoms with E-state index in [-0.39, 0.29) is 22.3 Å². The quantitative estimate of drug-likeness (QED) is 0.525. The maximum atomic E-state index is 13.1. The summed E-state index contributed by atoms with van der Waals surface area (Å²) in [4.78, 5) is 24.8. The second-order valence-corrected chi connectivity index (χ2v) is 7.00. The minimum atomic E-state index is -0.659. The summed E-state index contributed by atoms with van der Waals surface area (Å²) in [6.07, 6.45) is 5.46. The average Bonchev–Trinajstić information content (AvgIpc) is 2.55. The van der Waals surface area contributed by atoms with Crippen LogP contribution in [-0.2, 0) is 6.54 Å². The van der Waals surface area contributed by atoms with Crippen molar-refractivity contribution >= 4 is 21.9 Å². The fourth-order valence-corrected chi connectivity index (χ4v) is 3.66. The highest BCUT2D eigenvalue weighted by Gasteiger charge is 2.18. The first-order chi connectivity index (χ1) is 12.4. The minimum absolute atomic E-state index is 0.0811. The molecule has 1 aromatic carbocycles. The van der Waals surface area contributed by atoms with E-state index in [4.69, 9.17) is 4.42 Å². The predicted molar refractivity (Wildman–Crippen MR) is 104 cm³/mol. The number of aromatic nitrogens is 1. The Balaban J connectivity index is 2.26. The van der Waals surface area contributed by atoms with Crippen LogP contribution in [-0.4, -0.2) is 9.67 Å². The molecule has 0 atom stereocenters. The fraction of sp³-hybridized carbons (Fsp3) is 0.429. The number of rotatable bonds is 6. The first kappa shape index (κ1) is 18.2. The highest BCUT2D eigenvalue weighted by Crippen LogP contribution is 2.30. The van der Waals surface area contributed by atoms with Crippen molar-refractivity contribution in [1.82, 2.24) is 4.57 Å². The van der Waals surface area contributed by atoms with Crippen LogP contribution < -0.4 is 11.2 Å². The monoisotopic (exact) mass is 355 g/mol. The van der Waals surface area contributed by atoms with Crippen molar-refractivity contribution in [2.24, 2.45) is 0 Å². The standard InChI is InChI=1S/C21H25NO4/c1-4-5-6-7-8-9-22-15-11-13(2)10-14(3)18(15)20-19(21(22)25)16(23)12-17(24)26-20/h10-12,23H,4-9H2,1-3H3. The zero-order chi connectivity index (χ0) is 18.8. The third-order valence-electron chi connectivity index (χ3n) is 4.86. The van der Waals surface area contributed by atoms with E-state index in [1.165, 1.54) is 12.8 Å². The van der Waals surface area contributed by atoms with Crippen LogP contribution in [0.15, 0.2) is 32.2 Å². The topological polar surface area (TPSA) is 72.4 Å². The van der Waals surface area contributed by atoms with Crippen molar-refractivity contribution in [3.05, 3.63) is 50.1 Å². The molecule has 2 aromatic heterocycles. The van der Waals surface area contributed by atoms with Gasteiger partial charge in [0.15, 0.2) is 5.58 Å². The minimum Gasteiger partial charge on any atom is -0.507 e. The molecule has 0 unspecified atom stereocenters. The van der Waals surface area contributed by atoms with E-state index in [0.29, 0.717) is 11.9 Å². The zero-order valence-electron chi connectivity index (χ0n) is 15.6. The number of pyridine rings is 1. The van der Waals surface area contributed by atoms with Gasteiger partial charge in [-0.15, -0.1) is 0 Å². The molecule has 5 nitrogen and oxygen atoms in total. The summed E-state index contributed by atoms with van der Waals surface area (Å²) in [6, 6.07) is 4.89. The van der Waals surface area contributed by atoms with E-state index in [1.807, 2.05) is 26.0 Å². The van der Waals surface area contributed by atoms with Gasteiger partial charge in [-0.05, 0) is 37.5 Å². The maximum Gasteiger partial charge on any atom is 0.339 e. The molecule has 0 aliphatic rings. The molecule has 0 aliphatic carbocycles. The van der Waals surface area contributed by atoms with Gasteiger partial charge in [0.2, 0.25) is 0 Å². The van der Waals surface area contributed by atoms with Crippen molar-refractivity contribution in [3.63, 3.8) is 0 Å². The molecule has 0 saturated carbocycles. The number of benzene rings is 1. The van der Waals surface area contributed by atoms with Gasteiger partial charge in [-0.2, -0.15) is 0 Å². The number of hydrogen-bond donors (Lipinski definition) is 1. The molecule has 0 amide bonds. The summed E-state index contributed by atoms with van der Waals surface area (Å²) in [5.41, 5.74) is 1.91. The van der Waals surface area contributed by atoms with Crippen molar-refractivity contribution in [1.29, 1.82) is 0 Å². The molecular formula is C21H25NO4. The van der Waals surface area contributed by atoms with Gasteiger partial charge in [0.05, 0.1) is 11.6 Å². The predicted octanol–water partition coefficient (Wildman–Crippen LogP) is 4.40. The lowest BCUT2D eigenvalue weighted by atomic mass is 10.0. The molecule has 0 bridgehead atoms.